The first-order valence-electron chi connectivity index (χ1n) is 8.38. The number of alkyl halides is 3. The lowest BCUT2D eigenvalue weighted by atomic mass is 10.1. The minimum absolute atomic E-state index is 0.250. The van der Waals surface area contributed by atoms with E-state index in [0.29, 0.717) is 22.6 Å². The minimum atomic E-state index is -4.59. The zero-order chi connectivity index (χ0) is 20.6. The molecule has 0 bridgehead atoms. The molecule has 0 radical (unpaired) electrons. The molecule has 2 aromatic carbocycles. The second kappa shape index (κ2) is 7.32. The molecule has 2 heterocycles. The second-order valence-electron chi connectivity index (χ2n) is 6.08. The average Bonchev–Trinajstić information content (AvgIpc) is 3.36. The lowest BCUT2D eigenvalue weighted by Crippen LogP contribution is -2.07. The van der Waals surface area contributed by atoms with Crippen LogP contribution in [0.4, 0.5) is 17.6 Å². The van der Waals surface area contributed by atoms with Crippen molar-refractivity contribution in [2.45, 2.75) is 6.18 Å². The standard InChI is InChI=1S/C20H13F4N3OS/c1-28-15-8-4-13(5-9-15)17-10-18(20(22,23)24)26-27(17)19-25-16(11-29-19)12-2-6-14(21)7-3-12/h2-11H,1H3. The Morgan fingerprint density at radius 2 is 1.62 bits per heavy atom. The quantitative estimate of drug-likeness (QED) is 0.391. The van der Waals surface area contributed by atoms with Crippen LogP contribution < -0.4 is 4.74 Å². The Balaban J connectivity index is 1.80. The van der Waals surface area contributed by atoms with E-state index in [1.54, 1.807) is 41.8 Å². The molecular formula is C20H13F4N3OS. The van der Waals surface area contributed by atoms with Crippen LogP contribution in [0.2, 0.25) is 0 Å². The summed E-state index contributed by atoms with van der Waals surface area (Å²) in [6.07, 6.45) is -4.59. The molecule has 2 aromatic heterocycles. The fourth-order valence-electron chi connectivity index (χ4n) is 2.75. The first-order chi connectivity index (χ1) is 13.8. The summed E-state index contributed by atoms with van der Waals surface area (Å²) in [7, 11) is 1.51. The highest BCUT2D eigenvalue weighted by Crippen LogP contribution is 2.35. The molecule has 0 aliphatic heterocycles. The molecule has 0 aliphatic carbocycles. The van der Waals surface area contributed by atoms with Crippen molar-refractivity contribution in [1.82, 2.24) is 14.8 Å². The SMILES string of the molecule is COc1ccc(-c2cc(C(F)(F)F)nn2-c2nc(-c3ccc(F)cc3)cs2)cc1. The summed E-state index contributed by atoms with van der Waals surface area (Å²) in [6, 6.07) is 13.3. The summed E-state index contributed by atoms with van der Waals surface area (Å²) < 4.78 is 59.3. The van der Waals surface area contributed by atoms with Gasteiger partial charge in [-0.1, -0.05) is 0 Å². The Morgan fingerprint density at radius 3 is 2.24 bits per heavy atom. The number of hydrogen-bond acceptors (Lipinski definition) is 4. The van der Waals surface area contributed by atoms with E-state index in [1.807, 2.05) is 0 Å². The van der Waals surface area contributed by atoms with Crippen molar-refractivity contribution < 1.29 is 22.3 Å². The summed E-state index contributed by atoms with van der Waals surface area (Å²) in [6.45, 7) is 0. The highest BCUT2D eigenvalue weighted by atomic mass is 32.1. The highest BCUT2D eigenvalue weighted by Gasteiger charge is 2.35. The van der Waals surface area contributed by atoms with E-state index >= 15 is 0 Å². The van der Waals surface area contributed by atoms with E-state index in [1.165, 1.54) is 23.9 Å². The molecule has 0 unspecified atom stereocenters. The molecule has 0 N–H and O–H groups in total. The van der Waals surface area contributed by atoms with Gasteiger partial charge in [0.15, 0.2) is 5.69 Å². The van der Waals surface area contributed by atoms with E-state index in [9.17, 15) is 17.6 Å². The molecule has 29 heavy (non-hydrogen) atoms. The number of rotatable bonds is 4. The van der Waals surface area contributed by atoms with Crippen LogP contribution in [0.5, 0.6) is 5.75 Å². The molecule has 4 nitrogen and oxygen atoms in total. The van der Waals surface area contributed by atoms with Gasteiger partial charge < -0.3 is 4.74 Å². The number of hydrogen-bond donors (Lipinski definition) is 0. The first kappa shape index (κ1) is 19.1. The summed E-state index contributed by atoms with van der Waals surface area (Å²) in [5, 5.41) is 5.70. The number of nitrogens with zero attached hydrogens (tertiary/aromatic N) is 3. The number of methoxy groups -OCH3 is 1. The summed E-state index contributed by atoms with van der Waals surface area (Å²) in [5.41, 5.74) is 0.951. The van der Waals surface area contributed by atoms with Gasteiger partial charge in [-0.3, -0.25) is 0 Å². The molecule has 0 saturated carbocycles. The van der Waals surface area contributed by atoms with Gasteiger partial charge in [0.05, 0.1) is 18.5 Å². The van der Waals surface area contributed by atoms with Crippen LogP contribution >= 0.6 is 11.3 Å². The molecule has 0 fully saturated rings. The minimum Gasteiger partial charge on any atom is -0.497 e. The predicted octanol–water partition coefficient (Wildman–Crippen LogP) is 5.83. The zero-order valence-electron chi connectivity index (χ0n) is 14.9. The van der Waals surface area contributed by atoms with Gasteiger partial charge in [-0.15, -0.1) is 11.3 Å². The molecule has 4 rings (SSSR count). The van der Waals surface area contributed by atoms with E-state index in [4.69, 9.17) is 4.74 Å². The lowest BCUT2D eigenvalue weighted by molar-refractivity contribution is -0.141. The van der Waals surface area contributed by atoms with Gasteiger partial charge in [-0.25, -0.2) is 14.1 Å². The number of aromatic nitrogens is 3. The maximum atomic E-state index is 13.3. The number of benzene rings is 2. The van der Waals surface area contributed by atoms with E-state index in [0.717, 1.165) is 17.4 Å². The zero-order valence-corrected chi connectivity index (χ0v) is 15.8. The van der Waals surface area contributed by atoms with Gasteiger partial charge in [0.25, 0.3) is 0 Å². The van der Waals surface area contributed by atoms with Gasteiger partial charge in [0, 0.05) is 16.5 Å². The average molecular weight is 419 g/mol. The van der Waals surface area contributed by atoms with Crippen molar-refractivity contribution in [3.05, 3.63) is 71.5 Å². The number of ether oxygens (including phenoxy) is 1. The van der Waals surface area contributed by atoms with Crippen molar-refractivity contribution in [3.8, 4) is 33.4 Å². The summed E-state index contributed by atoms with van der Waals surface area (Å²) in [4.78, 5) is 4.40. The van der Waals surface area contributed by atoms with Crippen molar-refractivity contribution in [1.29, 1.82) is 0 Å². The normalized spacial score (nSPS) is 11.6. The highest BCUT2D eigenvalue weighted by molar-refractivity contribution is 7.12. The summed E-state index contributed by atoms with van der Waals surface area (Å²) >= 11 is 1.15. The number of halogens is 4. The van der Waals surface area contributed by atoms with Crippen molar-refractivity contribution in [2.24, 2.45) is 0 Å². The molecule has 0 saturated heterocycles. The van der Waals surface area contributed by atoms with E-state index in [-0.39, 0.29) is 16.6 Å². The van der Waals surface area contributed by atoms with E-state index in [2.05, 4.69) is 10.1 Å². The second-order valence-corrected chi connectivity index (χ2v) is 6.91. The van der Waals surface area contributed by atoms with Gasteiger partial charge >= 0.3 is 6.18 Å². The number of thiazole rings is 1. The van der Waals surface area contributed by atoms with Gasteiger partial charge in [0.2, 0.25) is 5.13 Å². The van der Waals surface area contributed by atoms with Crippen molar-refractivity contribution >= 4 is 11.3 Å². The molecule has 0 atom stereocenters. The molecule has 0 aliphatic rings. The Kier molecular flexibility index (Phi) is 4.83. The third-order valence-electron chi connectivity index (χ3n) is 4.20. The topological polar surface area (TPSA) is 39.9 Å². The maximum Gasteiger partial charge on any atom is 0.435 e. The van der Waals surface area contributed by atoms with Gasteiger partial charge in [-0.05, 0) is 54.6 Å². The largest absolute Gasteiger partial charge is 0.497 e. The Labute approximate surface area is 167 Å². The third-order valence-corrected chi connectivity index (χ3v) is 5.01. The van der Waals surface area contributed by atoms with Crippen LogP contribution in [0.3, 0.4) is 0 Å². The predicted molar refractivity (Wildman–Crippen MR) is 102 cm³/mol. The van der Waals surface area contributed by atoms with Crippen molar-refractivity contribution in [3.63, 3.8) is 0 Å². The van der Waals surface area contributed by atoms with Gasteiger partial charge in [0.1, 0.15) is 11.6 Å². The summed E-state index contributed by atoms with van der Waals surface area (Å²) in [5.74, 6) is 0.205. The molecule has 148 valence electrons. The molecule has 4 aromatic rings. The van der Waals surface area contributed by atoms with Crippen LogP contribution in [-0.4, -0.2) is 21.9 Å². The lowest BCUT2D eigenvalue weighted by Gasteiger charge is -2.05. The van der Waals surface area contributed by atoms with E-state index < -0.39 is 11.9 Å². The van der Waals surface area contributed by atoms with Crippen LogP contribution in [0, 0.1) is 5.82 Å². The van der Waals surface area contributed by atoms with Crippen LogP contribution in [0.15, 0.2) is 60.0 Å². The Bertz CT molecular complexity index is 1130. The fraction of sp³-hybridized carbons (Fsp3) is 0.100. The van der Waals surface area contributed by atoms with Crippen LogP contribution in [0.25, 0.3) is 27.6 Å². The Morgan fingerprint density at radius 1 is 0.966 bits per heavy atom. The molecule has 9 heteroatoms. The molecular weight excluding hydrogens is 406 g/mol. The van der Waals surface area contributed by atoms with Crippen LogP contribution in [-0.2, 0) is 6.18 Å². The molecule has 0 amide bonds. The van der Waals surface area contributed by atoms with Gasteiger partial charge in [-0.2, -0.15) is 18.3 Å². The maximum absolute atomic E-state index is 13.3. The molecule has 0 spiro atoms. The van der Waals surface area contributed by atoms with Crippen LogP contribution in [0.1, 0.15) is 5.69 Å². The third kappa shape index (κ3) is 3.86. The smallest absolute Gasteiger partial charge is 0.435 e. The Hall–Kier alpha value is -3.20. The van der Waals surface area contributed by atoms with Crippen molar-refractivity contribution in [2.75, 3.05) is 7.11 Å². The fourth-order valence-corrected chi connectivity index (χ4v) is 3.54. The monoisotopic (exact) mass is 419 g/mol. The first-order valence-corrected chi connectivity index (χ1v) is 9.26.